The van der Waals surface area contributed by atoms with E-state index in [0.29, 0.717) is 18.4 Å². The van der Waals surface area contributed by atoms with Crippen LogP contribution in [0.2, 0.25) is 0 Å². The molecule has 0 aliphatic heterocycles. The van der Waals surface area contributed by atoms with Crippen molar-refractivity contribution in [3.05, 3.63) is 71.8 Å². The molecule has 1 aliphatic carbocycles. The Kier molecular flexibility index (Phi) is 6.22. The summed E-state index contributed by atoms with van der Waals surface area (Å²) in [6.45, 7) is 1.83. The summed E-state index contributed by atoms with van der Waals surface area (Å²) in [5.41, 5.74) is 8.84. The summed E-state index contributed by atoms with van der Waals surface area (Å²) in [6.07, 6.45) is 3.68. The third-order valence-corrected chi connectivity index (χ3v) is 5.26. The average molecular weight is 333 g/mol. The van der Waals surface area contributed by atoms with Crippen LogP contribution in [0, 0.1) is 17.2 Å². The van der Waals surface area contributed by atoms with E-state index in [4.69, 9.17) is 5.73 Å². The maximum Gasteiger partial charge on any atom is 0.0625 e. The van der Waals surface area contributed by atoms with E-state index >= 15 is 0 Å². The molecule has 3 atom stereocenters. The number of hydrogen-bond acceptors (Lipinski definition) is 3. The lowest BCUT2D eigenvalue weighted by Crippen LogP contribution is -2.46. The van der Waals surface area contributed by atoms with Crippen LogP contribution in [-0.4, -0.2) is 17.0 Å². The molecule has 0 heterocycles. The fourth-order valence-corrected chi connectivity index (χ4v) is 4.03. The number of nitrogens with two attached hydrogens (primary N) is 1. The monoisotopic (exact) mass is 333 g/mol. The number of benzene rings is 2. The Labute approximate surface area is 151 Å². The van der Waals surface area contributed by atoms with Gasteiger partial charge in [0.2, 0.25) is 0 Å². The molecule has 3 heteroatoms. The van der Waals surface area contributed by atoms with Gasteiger partial charge in [0, 0.05) is 31.6 Å². The molecule has 130 valence electrons. The predicted octanol–water partition coefficient (Wildman–Crippen LogP) is 4.10. The van der Waals surface area contributed by atoms with Crippen molar-refractivity contribution >= 4 is 0 Å². The first-order valence-corrected chi connectivity index (χ1v) is 9.20. The van der Waals surface area contributed by atoms with Crippen LogP contribution in [0.4, 0.5) is 0 Å². The van der Waals surface area contributed by atoms with Crippen molar-refractivity contribution in [1.29, 1.82) is 5.26 Å². The Balaban J connectivity index is 1.82. The number of nitrogens with zero attached hydrogens (tertiary/aromatic N) is 2. The van der Waals surface area contributed by atoms with Gasteiger partial charge in [-0.1, -0.05) is 60.7 Å². The van der Waals surface area contributed by atoms with Gasteiger partial charge in [0.1, 0.15) is 0 Å². The van der Waals surface area contributed by atoms with Gasteiger partial charge in [-0.2, -0.15) is 5.26 Å². The maximum atomic E-state index is 9.27. The molecule has 1 saturated carbocycles. The Morgan fingerprint density at radius 2 is 1.48 bits per heavy atom. The van der Waals surface area contributed by atoms with E-state index in [1.807, 2.05) is 0 Å². The predicted molar refractivity (Wildman–Crippen MR) is 101 cm³/mol. The van der Waals surface area contributed by atoms with Crippen LogP contribution < -0.4 is 5.73 Å². The van der Waals surface area contributed by atoms with E-state index < -0.39 is 0 Å². The first-order valence-electron chi connectivity index (χ1n) is 9.20. The molecule has 0 aromatic heterocycles. The molecule has 2 aromatic rings. The largest absolute Gasteiger partial charge is 0.328 e. The van der Waals surface area contributed by atoms with Crippen molar-refractivity contribution < 1.29 is 0 Å². The Bertz CT molecular complexity index is 636. The molecule has 0 bridgehead atoms. The van der Waals surface area contributed by atoms with Crippen LogP contribution in [0.25, 0.3) is 0 Å². The molecule has 3 rings (SSSR count). The van der Waals surface area contributed by atoms with Gasteiger partial charge in [0.25, 0.3) is 0 Å². The second kappa shape index (κ2) is 8.80. The molecule has 0 spiro atoms. The van der Waals surface area contributed by atoms with Crippen molar-refractivity contribution in [3.8, 4) is 6.07 Å². The van der Waals surface area contributed by atoms with Gasteiger partial charge in [-0.3, -0.25) is 4.90 Å². The van der Waals surface area contributed by atoms with Crippen LogP contribution in [0.3, 0.4) is 0 Å². The molecule has 1 fully saturated rings. The topological polar surface area (TPSA) is 53.1 Å². The van der Waals surface area contributed by atoms with E-state index in [1.165, 1.54) is 11.1 Å². The van der Waals surface area contributed by atoms with Crippen LogP contribution in [0.5, 0.6) is 0 Å². The Hall–Kier alpha value is -2.15. The zero-order valence-electron chi connectivity index (χ0n) is 14.7. The van der Waals surface area contributed by atoms with E-state index in [9.17, 15) is 5.26 Å². The summed E-state index contributed by atoms with van der Waals surface area (Å²) in [7, 11) is 0. The summed E-state index contributed by atoms with van der Waals surface area (Å²) in [5.74, 6) is 0.362. The van der Waals surface area contributed by atoms with E-state index in [0.717, 1.165) is 32.4 Å². The van der Waals surface area contributed by atoms with Crippen molar-refractivity contribution in [2.24, 2.45) is 11.7 Å². The van der Waals surface area contributed by atoms with Crippen LogP contribution in [0.1, 0.15) is 36.8 Å². The van der Waals surface area contributed by atoms with Gasteiger partial charge in [0.05, 0.1) is 6.07 Å². The molecule has 0 saturated heterocycles. The molecular formula is C22H27N3. The zero-order valence-corrected chi connectivity index (χ0v) is 14.7. The van der Waals surface area contributed by atoms with Crippen LogP contribution >= 0.6 is 0 Å². The second-order valence-electron chi connectivity index (χ2n) is 7.14. The Morgan fingerprint density at radius 1 is 0.920 bits per heavy atom. The van der Waals surface area contributed by atoms with Gasteiger partial charge >= 0.3 is 0 Å². The summed E-state index contributed by atoms with van der Waals surface area (Å²) >= 11 is 0. The smallest absolute Gasteiger partial charge is 0.0625 e. The van der Waals surface area contributed by atoms with E-state index in [1.54, 1.807) is 0 Å². The molecule has 3 nitrogen and oxygen atoms in total. The quantitative estimate of drug-likeness (QED) is 0.866. The van der Waals surface area contributed by atoms with Crippen LogP contribution in [0.15, 0.2) is 60.7 Å². The molecule has 3 unspecified atom stereocenters. The van der Waals surface area contributed by atoms with Crippen molar-refractivity contribution in [2.75, 3.05) is 0 Å². The summed E-state index contributed by atoms with van der Waals surface area (Å²) < 4.78 is 0. The number of nitriles is 1. The molecule has 1 aliphatic rings. The molecule has 2 N–H and O–H groups in total. The van der Waals surface area contributed by atoms with Crippen LogP contribution in [-0.2, 0) is 13.1 Å². The minimum atomic E-state index is 0.241. The number of hydrogen-bond donors (Lipinski definition) is 1. The SMILES string of the molecule is N#CCC1CC(N)CCC1N(Cc1ccccc1)Cc1ccccc1. The molecule has 2 aromatic carbocycles. The molecule has 0 radical (unpaired) electrons. The fraction of sp³-hybridized carbons (Fsp3) is 0.409. The lowest BCUT2D eigenvalue weighted by molar-refractivity contribution is 0.0841. The first kappa shape index (κ1) is 17.7. The summed E-state index contributed by atoms with van der Waals surface area (Å²) in [6, 6.07) is 24.3. The maximum absolute atomic E-state index is 9.27. The minimum absolute atomic E-state index is 0.241. The summed E-state index contributed by atoms with van der Waals surface area (Å²) in [4.78, 5) is 2.55. The van der Waals surface area contributed by atoms with E-state index in [2.05, 4.69) is 71.6 Å². The highest BCUT2D eigenvalue weighted by atomic mass is 15.2. The summed E-state index contributed by atoms with van der Waals surface area (Å²) in [5, 5.41) is 9.27. The lowest BCUT2D eigenvalue weighted by Gasteiger charge is -2.41. The van der Waals surface area contributed by atoms with Crippen molar-refractivity contribution in [2.45, 2.75) is 50.9 Å². The zero-order chi connectivity index (χ0) is 17.5. The third kappa shape index (κ3) is 4.92. The normalized spacial score (nSPS) is 23.3. The lowest BCUT2D eigenvalue weighted by atomic mass is 9.79. The Morgan fingerprint density at radius 3 is 2.00 bits per heavy atom. The highest BCUT2D eigenvalue weighted by molar-refractivity contribution is 5.17. The fourth-order valence-electron chi connectivity index (χ4n) is 4.03. The second-order valence-corrected chi connectivity index (χ2v) is 7.14. The molecule has 25 heavy (non-hydrogen) atoms. The van der Waals surface area contributed by atoms with Gasteiger partial charge < -0.3 is 5.73 Å². The average Bonchev–Trinajstić information content (AvgIpc) is 2.63. The van der Waals surface area contributed by atoms with E-state index in [-0.39, 0.29) is 6.04 Å². The van der Waals surface area contributed by atoms with Gasteiger partial charge in [0.15, 0.2) is 0 Å². The minimum Gasteiger partial charge on any atom is -0.328 e. The van der Waals surface area contributed by atoms with Crippen molar-refractivity contribution in [1.82, 2.24) is 4.90 Å². The number of rotatable bonds is 6. The van der Waals surface area contributed by atoms with Gasteiger partial charge in [-0.15, -0.1) is 0 Å². The molecular weight excluding hydrogens is 306 g/mol. The molecule has 0 amide bonds. The van der Waals surface area contributed by atoms with Gasteiger partial charge in [-0.25, -0.2) is 0 Å². The standard InChI is InChI=1S/C22H27N3/c23-14-13-20-15-21(24)11-12-22(20)25(16-18-7-3-1-4-8-18)17-19-9-5-2-6-10-19/h1-10,20-22H,11-13,15-17,24H2. The third-order valence-electron chi connectivity index (χ3n) is 5.26. The highest BCUT2D eigenvalue weighted by Crippen LogP contribution is 2.32. The van der Waals surface area contributed by atoms with Gasteiger partial charge in [-0.05, 0) is 36.3 Å². The van der Waals surface area contributed by atoms with Crippen molar-refractivity contribution in [3.63, 3.8) is 0 Å². The first-order chi connectivity index (χ1) is 12.3. The highest BCUT2D eigenvalue weighted by Gasteiger charge is 2.33.